The Morgan fingerprint density at radius 2 is 1.88 bits per heavy atom. The molecule has 4 rings (SSSR count). The van der Waals surface area contributed by atoms with Gasteiger partial charge in [0.15, 0.2) is 6.61 Å². The Kier molecular flexibility index (Phi) is 6.22. The third-order valence-electron chi connectivity index (χ3n) is 5.55. The fourth-order valence-electron chi connectivity index (χ4n) is 3.73. The number of hydrogen-bond donors (Lipinski definition) is 0. The van der Waals surface area contributed by atoms with E-state index < -0.39 is 10.8 Å². The van der Waals surface area contributed by atoms with E-state index in [0.29, 0.717) is 25.5 Å². The van der Waals surface area contributed by atoms with E-state index in [1.165, 1.54) is 28.0 Å². The van der Waals surface area contributed by atoms with Crippen molar-refractivity contribution in [3.63, 3.8) is 0 Å². The predicted molar refractivity (Wildman–Crippen MR) is 117 cm³/mol. The average molecular weight is 440 g/mol. The summed E-state index contributed by atoms with van der Waals surface area (Å²) in [7, 11) is 1.66. The van der Waals surface area contributed by atoms with Crippen LogP contribution in [-0.2, 0) is 20.9 Å². The van der Waals surface area contributed by atoms with Crippen molar-refractivity contribution in [3.8, 4) is 5.75 Å². The second-order valence-electron chi connectivity index (χ2n) is 7.69. The van der Waals surface area contributed by atoms with Crippen molar-refractivity contribution in [2.24, 2.45) is 0 Å². The number of non-ortho nitro benzene ring substituents is 1. The molecule has 2 heterocycles. The summed E-state index contributed by atoms with van der Waals surface area (Å²) in [6, 6.07) is 12.0. The van der Waals surface area contributed by atoms with Crippen molar-refractivity contribution < 1.29 is 24.0 Å². The van der Waals surface area contributed by atoms with Crippen molar-refractivity contribution in [3.05, 3.63) is 58.1 Å². The molecule has 0 aliphatic carbocycles. The second-order valence-corrected chi connectivity index (χ2v) is 7.69. The molecule has 0 radical (unpaired) electrons. The number of nitro benzene ring substituents is 1. The summed E-state index contributed by atoms with van der Waals surface area (Å²) in [5, 5.41) is 11.1. The molecule has 32 heavy (non-hydrogen) atoms. The lowest BCUT2D eigenvalue weighted by molar-refractivity contribution is -0.384. The molecular formula is C22H24N4O6. The molecular weight excluding hydrogens is 416 g/mol. The maximum Gasteiger partial charge on any atom is 0.271 e. The van der Waals surface area contributed by atoms with E-state index in [-0.39, 0.29) is 30.4 Å². The Morgan fingerprint density at radius 3 is 2.56 bits per heavy atom. The van der Waals surface area contributed by atoms with Gasteiger partial charge in [0.05, 0.1) is 23.8 Å². The van der Waals surface area contributed by atoms with Crippen LogP contribution >= 0.6 is 0 Å². The Hall–Kier alpha value is -3.66. The van der Waals surface area contributed by atoms with Crippen LogP contribution in [0.15, 0.2) is 42.5 Å². The number of ether oxygens (including phenoxy) is 2. The first kappa shape index (κ1) is 21.6. The molecule has 0 saturated carbocycles. The van der Waals surface area contributed by atoms with Crippen molar-refractivity contribution in [1.82, 2.24) is 4.90 Å². The fraction of sp³-hybridized carbons (Fsp3) is 0.364. The third-order valence-corrected chi connectivity index (χ3v) is 5.55. The van der Waals surface area contributed by atoms with Gasteiger partial charge in [0.1, 0.15) is 12.3 Å². The minimum atomic E-state index is -0.550. The van der Waals surface area contributed by atoms with Crippen LogP contribution in [0, 0.1) is 10.1 Å². The van der Waals surface area contributed by atoms with Crippen molar-refractivity contribution in [2.75, 3.05) is 56.3 Å². The van der Waals surface area contributed by atoms with Gasteiger partial charge in [-0.2, -0.15) is 0 Å². The van der Waals surface area contributed by atoms with E-state index in [4.69, 9.17) is 9.47 Å². The molecule has 0 aromatic heterocycles. The number of nitro groups is 1. The first-order valence-corrected chi connectivity index (χ1v) is 10.3. The fourth-order valence-corrected chi connectivity index (χ4v) is 3.73. The maximum atomic E-state index is 12.8. The van der Waals surface area contributed by atoms with Gasteiger partial charge < -0.3 is 19.3 Å². The number of anilines is 2. The Bertz CT molecular complexity index is 1020. The zero-order valence-corrected chi connectivity index (χ0v) is 17.7. The molecule has 1 saturated heterocycles. The maximum absolute atomic E-state index is 12.8. The number of morpholine rings is 1. The summed E-state index contributed by atoms with van der Waals surface area (Å²) >= 11 is 0. The van der Waals surface area contributed by atoms with E-state index in [0.717, 1.165) is 24.3 Å². The van der Waals surface area contributed by atoms with Crippen LogP contribution in [-0.4, -0.2) is 68.1 Å². The van der Waals surface area contributed by atoms with Gasteiger partial charge in [-0.3, -0.25) is 24.6 Å². The first-order valence-electron chi connectivity index (χ1n) is 10.3. The number of benzene rings is 2. The highest BCUT2D eigenvalue weighted by Crippen LogP contribution is 2.35. The van der Waals surface area contributed by atoms with Crippen LogP contribution in [0.2, 0.25) is 0 Å². The number of rotatable bonds is 6. The van der Waals surface area contributed by atoms with Crippen molar-refractivity contribution in [1.29, 1.82) is 0 Å². The lowest BCUT2D eigenvalue weighted by Crippen LogP contribution is -2.45. The van der Waals surface area contributed by atoms with Gasteiger partial charge in [0, 0.05) is 44.5 Å². The lowest BCUT2D eigenvalue weighted by atomic mass is 10.1. The van der Waals surface area contributed by atoms with E-state index >= 15 is 0 Å². The number of likely N-dealkylation sites (N-methyl/N-ethyl adjacent to an activating group) is 1. The summed E-state index contributed by atoms with van der Waals surface area (Å²) in [6.45, 7) is 3.07. The van der Waals surface area contributed by atoms with E-state index in [2.05, 4.69) is 4.90 Å². The van der Waals surface area contributed by atoms with E-state index in [9.17, 15) is 19.7 Å². The smallest absolute Gasteiger partial charge is 0.271 e. The van der Waals surface area contributed by atoms with E-state index in [1.54, 1.807) is 7.05 Å². The molecule has 2 amide bonds. The third kappa shape index (κ3) is 4.65. The molecule has 2 aliphatic heterocycles. The van der Waals surface area contributed by atoms with Gasteiger partial charge in [-0.25, -0.2) is 0 Å². The van der Waals surface area contributed by atoms with Crippen LogP contribution in [0.1, 0.15) is 5.56 Å². The molecule has 168 valence electrons. The number of nitrogens with zero attached hydrogens (tertiary/aromatic N) is 4. The molecule has 10 nitrogen and oxygen atoms in total. The summed E-state index contributed by atoms with van der Waals surface area (Å²) in [5.74, 6) is -0.367. The monoisotopic (exact) mass is 440 g/mol. The van der Waals surface area contributed by atoms with Crippen LogP contribution in [0.25, 0.3) is 0 Å². The summed E-state index contributed by atoms with van der Waals surface area (Å²) in [6.07, 6.45) is 0. The second kappa shape index (κ2) is 9.23. The van der Waals surface area contributed by atoms with Crippen LogP contribution in [0.5, 0.6) is 5.75 Å². The van der Waals surface area contributed by atoms with Gasteiger partial charge in [-0.05, 0) is 23.8 Å². The molecule has 2 aromatic rings. The molecule has 2 aliphatic rings. The molecule has 10 heteroatoms. The van der Waals surface area contributed by atoms with Crippen LogP contribution < -0.4 is 14.5 Å². The van der Waals surface area contributed by atoms with Gasteiger partial charge >= 0.3 is 0 Å². The van der Waals surface area contributed by atoms with Gasteiger partial charge in [0.25, 0.3) is 11.6 Å². The van der Waals surface area contributed by atoms with E-state index in [1.807, 2.05) is 24.3 Å². The molecule has 0 bridgehead atoms. The zero-order valence-electron chi connectivity index (χ0n) is 17.7. The molecule has 0 spiro atoms. The Balaban J connectivity index is 1.42. The standard InChI is InChI=1S/C22H24N4O6/c1-23(13-16-2-4-17(5-3-16)24-8-10-31-11-9-24)21(27)14-25-19-12-18(26(29)30)6-7-20(19)32-15-22(25)28/h2-7,12H,8-11,13-15H2,1H3. The minimum Gasteiger partial charge on any atom is -0.482 e. The minimum absolute atomic E-state index is 0.173. The van der Waals surface area contributed by atoms with Crippen molar-refractivity contribution in [2.45, 2.75) is 6.54 Å². The quantitative estimate of drug-likeness (QED) is 0.498. The number of amides is 2. The predicted octanol–water partition coefficient (Wildman–Crippen LogP) is 1.82. The largest absolute Gasteiger partial charge is 0.482 e. The highest BCUT2D eigenvalue weighted by Gasteiger charge is 2.30. The molecule has 0 N–H and O–H groups in total. The highest BCUT2D eigenvalue weighted by atomic mass is 16.6. The van der Waals surface area contributed by atoms with Gasteiger partial charge in [-0.15, -0.1) is 0 Å². The number of carbonyl (C=O) groups excluding carboxylic acids is 2. The van der Waals surface area contributed by atoms with Gasteiger partial charge in [-0.1, -0.05) is 12.1 Å². The topological polar surface area (TPSA) is 105 Å². The summed E-state index contributed by atoms with van der Waals surface area (Å²) < 4.78 is 10.7. The van der Waals surface area contributed by atoms with Crippen LogP contribution in [0.3, 0.4) is 0 Å². The molecule has 0 atom stereocenters. The van der Waals surface area contributed by atoms with Crippen molar-refractivity contribution >= 4 is 28.9 Å². The number of fused-ring (bicyclic) bond motifs is 1. The summed E-state index contributed by atoms with van der Waals surface area (Å²) in [4.78, 5) is 40.8. The Morgan fingerprint density at radius 1 is 1.16 bits per heavy atom. The number of carbonyl (C=O) groups is 2. The van der Waals surface area contributed by atoms with Gasteiger partial charge in [0.2, 0.25) is 5.91 Å². The first-order chi connectivity index (χ1) is 15.4. The Labute approximate surface area is 185 Å². The summed E-state index contributed by atoms with van der Waals surface area (Å²) in [5.41, 5.74) is 2.13. The molecule has 0 unspecified atom stereocenters. The number of hydrogen-bond acceptors (Lipinski definition) is 7. The average Bonchev–Trinajstić information content (AvgIpc) is 2.81. The van der Waals surface area contributed by atoms with Crippen LogP contribution in [0.4, 0.5) is 17.1 Å². The lowest BCUT2D eigenvalue weighted by Gasteiger charge is -2.30. The molecule has 2 aromatic carbocycles. The SMILES string of the molecule is CN(Cc1ccc(N2CCOCC2)cc1)C(=O)CN1C(=O)COc2ccc([N+](=O)[O-])cc21. The normalized spacial score (nSPS) is 15.7. The highest BCUT2D eigenvalue weighted by molar-refractivity contribution is 6.02. The zero-order chi connectivity index (χ0) is 22.7. The molecule has 1 fully saturated rings.